The van der Waals surface area contributed by atoms with Crippen molar-refractivity contribution in [1.82, 2.24) is 9.97 Å². The summed E-state index contributed by atoms with van der Waals surface area (Å²) in [6, 6.07) is 0. The Balaban J connectivity index is 2.93. The summed E-state index contributed by atoms with van der Waals surface area (Å²) in [4.78, 5) is 21.2. The summed E-state index contributed by atoms with van der Waals surface area (Å²) in [5, 5.41) is 0. The van der Waals surface area contributed by atoms with Gasteiger partial charge in [0.2, 0.25) is 0 Å². The minimum Gasteiger partial charge on any atom is -0.292 e. The van der Waals surface area contributed by atoms with Gasteiger partial charge in [-0.15, -0.1) is 0 Å². The third-order valence-electron chi connectivity index (χ3n) is 3.16. The maximum Gasteiger partial charge on any atom is 0.183 e. The fourth-order valence-electron chi connectivity index (χ4n) is 2.04. The Morgan fingerprint density at radius 1 is 1.00 bits per heavy atom. The zero-order valence-corrected chi connectivity index (χ0v) is 13.1. The molecule has 0 N–H and O–H groups in total. The highest BCUT2D eigenvalue weighted by molar-refractivity contribution is 5.95. The first-order chi connectivity index (χ1) is 8.81. The van der Waals surface area contributed by atoms with E-state index >= 15 is 0 Å². The van der Waals surface area contributed by atoms with E-state index in [1.165, 1.54) is 0 Å². The second-order valence-corrected chi connectivity index (χ2v) is 6.14. The number of carbonyl (C=O) groups excluding carboxylic acids is 1. The van der Waals surface area contributed by atoms with E-state index in [9.17, 15) is 4.79 Å². The first-order valence-corrected chi connectivity index (χ1v) is 7.18. The molecule has 0 aliphatic carbocycles. The zero-order valence-electron chi connectivity index (χ0n) is 13.1. The lowest BCUT2D eigenvalue weighted by molar-refractivity contribution is 0.0961. The molecule has 0 aliphatic heterocycles. The highest BCUT2D eigenvalue weighted by Crippen LogP contribution is 2.15. The molecule has 1 heterocycles. The standard InChI is InChI=1S/C16H26N2O/c1-10(2)7-8-14-12(5)18-16(13(6)17-14)15(19)9-11(3)4/h10-11H,7-9H2,1-6H3. The van der Waals surface area contributed by atoms with Crippen molar-refractivity contribution >= 4 is 5.78 Å². The number of ketones is 1. The lowest BCUT2D eigenvalue weighted by Gasteiger charge is -2.11. The van der Waals surface area contributed by atoms with Gasteiger partial charge in [0.1, 0.15) is 5.69 Å². The molecule has 106 valence electrons. The van der Waals surface area contributed by atoms with Crippen LogP contribution < -0.4 is 0 Å². The van der Waals surface area contributed by atoms with Crippen LogP contribution in [0.3, 0.4) is 0 Å². The van der Waals surface area contributed by atoms with Crippen molar-refractivity contribution in [2.45, 2.75) is 60.8 Å². The quantitative estimate of drug-likeness (QED) is 0.730. The average molecular weight is 262 g/mol. The monoisotopic (exact) mass is 262 g/mol. The fraction of sp³-hybridized carbons (Fsp3) is 0.688. The lowest BCUT2D eigenvalue weighted by Crippen LogP contribution is -2.13. The maximum atomic E-state index is 12.1. The van der Waals surface area contributed by atoms with E-state index in [1.54, 1.807) is 0 Å². The van der Waals surface area contributed by atoms with Crippen LogP contribution in [0.5, 0.6) is 0 Å². The molecule has 0 aromatic carbocycles. The van der Waals surface area contributed by atoms with Gasteiger partial charge in [0.25, 0.3) is 0 Å². The predicted octanol–water partition coefficient (Wildman–Crippen LogP) is 3.91. The van der Waals surface area contributed by atoms with Crippen molar-refractivity contribution in [3.63, 3.8) is 0 Å². The van der Waals surface area contributed by atoms with Crippen molar-refractivity contribution in [2.75, 3.05) is 0 Å². The molecule has 0 saturated carbocycles. The molecule has 0 spiro atoms. The molecule has 19 heavy (non-hydrogen) atoms. The molecule has 0 amide bonds. The summed E-state index contributed by atoms with van der Waals surface area (Å²) in [5.41, 5.74) is 3.26. The van der Waals surface area contributed by atoms with Crippen molar-refractivity contribution in [3.8, 4) is 0 Å². The van der Waals surface area contributed by atoms with Gasteiger partial charge in [-0.2, -0.15) is 0 Å². The first kappa shape index (κ1) is 15.8. The fourth-order valence-corrected chi connectivity index (χ4v) is 2.04. The summed E-state index contributed by atoms with van der Waals surface area (Å²) in [7, 11) is 0. The van der Waals surface area contributed by atoms with Gasteiger partial charge >= 0.3 is 0 Å². The van der Waals surface area contributed by atoms with E-state index in [2.05, 4.69) is 23.8 Å². The number of hydrogen-bond donors (Lipinski definition) is 0. The van der Waals surface area contributed by atoms with E-state index in [4.69, 9.17) is 0 Å². The van der Waals surface area contributed by atoms with Gasteiger partial charge < -0.3 is 0 Å². The SMILES string of the molecule is Cc1nc(C(=O)CC(C)C)c(C)nc1CCC(C)C. The van der Waals surface area contributed by atoms with Crippen molar-refractivity contribution in [3.05, 3.63) is 22.8 Å². The molecule has 0 aliphatic rings. The molecule has 0 bridgehead atoms. The van der Waals surface area contributed by atoms with Crippen molar-refractivity contribution in [1.29, 1.82) is 0 Å². The third-order valence-corrected chi connectivity index (χ3v) is 3.16. The Hall–Kier alpha value is -1.25. The van der Waals surface area contributed by atoms with E-state index in [-0.39, 0.29) is 5.78 Å². The van der Waals surface area contributed by atoms with Crippen LogP contribution in [0, 0.1) is 25.7 Å². The number of nitrogens with zero attached hydrogens (tertiary/aromatic N) is 2. The molecular formula is C16H26N2O. The van der Waals surface area contributed by atoms with Gasteiger partial charge in [-0.05, 0) is 38.5 Å². The van der Waals surface area contributed by atoms with Crippen LogP contribution in [0.4, 0.5) is 0 Å². The Kier molecular flexibility index (Phi) is 5.64. The van der Waals surface area contributed by atoms with Crippen LogP contribution in [0.2, 0.25) is 0 Å². The van der Waals surface area contributed by atoms with Crippen LogP contribution >= 0.6 is 0 Å². The number of carbonyl (C=O) groups is 1. The second-order valence-electron chi connectivity index (χ2n) is 6.14. The number of rotatable bonds is 6. The van der Waals surface area contributed by atoms with Gasteiger partial charge in [-0.1, -0.05) is 27.7 Å². The molecule has 0 fully saturated rings. The van der Waals surface area contributed by atoms with Gasteiger partial charge in [0, 0.05) is 6.42 Å². The molecule has 0 radical (unpaired) electrons. The Morgan fingerprint density at radius 2 is 1.63 bits per heavy atom. The van der Waals surface area contributed by atoms with E-state index < -0.39 is 0 Å². The second kappa shape index (κ2) is 6.78. The zero-order chi connectivity index (χ0) is 14.6. The average Bonchev–Trinajstić information content (AvgIpc) is 2.28. The Morgan fingerprint density at radius 3 is 2.16 bits per heavy atom. The molecule has 1 rings (SSSR count). The minimum atomic E-state index is 0.110. The largest absolute Gasteiger partial charge is 0.292 e. The van der Waals surface area contributed by atoms with Crippen LogP contribution in [0.25, 0.3) is 0 Å². The van der Waals surface area contributed by atoms with Gasteiger partial charge in [0.05, 0.1) is 17.1 Å². The van der Waals surface area contributed by atoms with E-state index in [0.717, 1.165) is 29.9 Å². The third kappa shape index (κ3) is 4.73. The molecular weight excluding hydrogens is 236 g/mol. The highest BCUT2D eigenvalue weighted by atomic mass is 16.1. The number of Topliss-reactive ketones (excluding diaryl/α,β-unsaturated/α-hetero) is 1. The molecule has 3 nitrogen and oxygen atoms in total. The molecule has 0 saturated heterocycles. The smallest absolute Gasteiger partial charge is 0.183 e. The normalized spacial score (nSPS) is 11.4. The van der Waals surface area contributed by atoms with Gasteiger partial charge in [-0.3, -0.25) is 9.78 Å². The molecule has 1 aromatic heterocycles. The van der Waals surface area contributed by atoms with Crippen LogP contribution in [0.15, 0.2) is 0 Å². The van der Waals surface area contributed by atoms with E-state index in [1.807, 2.05) is 27.7 Å². The molecule has 0 atom stereocenters. The summed E-state index contributed by atoms with van der Waals surface area (Å²) in [6.07, 6.45) is 2.59. The lowest BCUT2D eigenvalue weighted by atomic mass is 10.0. The highest BCUT2D eigenvalue weighted by Gasteiger charge is 2.16. The summed E-state index contributed by atoms with van der Waals surface area (Å²) < 4.78 is 0. The van der Waals surface area contributed by atoms with Crippen LogP contribution in [-0.2, 0) is 6.42 Å². The summed E-state index contributed by atoms with van der Waals surface area (Å²) in [5.74, 6) is 1.12. The van der Waals surface area contributed by atoms with Crippen molar-refractivity contribution in [2.24, 2.45) is 11.8 Å². The topological polar surface area (TPSA) is 42.9 Å². The Bertz CT molecular complexity index is 450. The number of aryl methyl sites for hydroxylation is 3. The summed E-state index contributed by atoms with van der Waals surface area (Å²) >= 11 is 0. The molecule has 1 aromatic rings. The first-order valence-electron chi connectivity index (χ1n) is 7.18. The van der Waals surface area contributed by atoms with E-state index in [0.29, 0.717) is 24.0 Å². The number of hydrogen-bond acceptors (Lipinski definition) is 3. The van der Waals surface area contributed by atoms with Crippen molar-refractivity contribution < 1.29 is 4.79 Å². The van der Waals surface area contributed by atoms with Crippen LogP contribution in [0.1, 0.15) is 68.1 Å². The van der Waals surface area contributed by atoms with Crippen LogP contribution in [-0.4, -0.2) is 15.8 Å². The molecule has 0 unspecified atom stereocenters. The summed E-state index contributed by atoms with van der Waals surface area (Å²) in [6.45, 7) is 12.3. The minimum absolute atomic E-state index is 0.110. The van der Waals surface area contributed by atoms with Gasteiger partial charge in [0.15, 0.2) is 5.78 Å². The Labute approximate surface area is 116 Å². The number of aromatic nitrogens is 2. The molecule has 3 heteroatoms. The van der Waals surface area contributed by atoms with Gasteiger partial charge in [-0.25, -0.2) is 4.98 Å². The predicted molar refractivity (Wildman–Crippen MR) is 78.5 cm³/mol. The maximum absolute atomic E-state index is 12.1.